The van der Waals surface area contributed by atoms with E-state index in [1.807, 2.05) is 0 Å². The summed E-state index contributed by atoms with van der Waals surface area (Å²) >= 11 is 0. The molecular formula is C17H17F4N3O2. The zero-order valence-corrected chi connectivity index (χ0v) is 13.7. The Morgan fingerprint density at radius 2 is 1.96 bits per heavy atom. The van der Waals surface area contributed by atoms with Crippen molar-refractivity contribution in [3.63, 3.8) is 0 Å². The van der Waals surface area contributed by atoms with Crippen LogP contribution in [-0.2, 0) is 12.7 Å². The van der Waals surface area contributed by atoms with Gasteiger partial charge in [-0.3, -0.25) is 9.89 Å². The number of alkyl halides is 3. The van der Waals surface area contributed by atoms with Gasteiger partial charge in [-0.1, -0.05) is 18.9 Å². The number of amides is 1. The van der Waals surface area contributed by atoms with Gasteiger partial charge >= 0.3 is 6.18 Å². The van der Waals surface area contributed by atoms with Gasteiger partial charge in [0, 0.05) is 30.3 Å². The summed E-state index contributed by atoms with van der Waals surface area (Å²) in [6, 6.07) is 4.07. The van der Waals surface area contributed by atoms with Crippen molar-refractivity contribution in [2.75, 3.05) is 0 Å². The molecule has 1 aromatic heterocycles. The van der Waals surface area contributed by atoms with E-state index in [4.69, 9.17) is 0 Å². The summed E-state index contributed by atoms with van der Waals surface area (Å²) < 4.78 is 52.2. The van der Waals surface area contributed by atoms with Gasteiger partial charge in [0.2, 0.25) is 0 Å². The molecule has 9 heteroatoms. The number of hydrogen-bond acceptors (Lipinski definition) is 3. The van der Waals surface area contributed by atoms with Gasteiger partial charge < -0.3 is 10.0 Å². The highest BCUT2D eigenvalue weighted by molar-refractivity contribution is 5.92. The first-order chi connectivity index (χ1) is 12.3. The minimum Gasteiger partial charge on any atom is -0.508 e. The number of nitrogens with zero attached hydrogens (tertiary/aromatic N) is 2. The molecule has 3 rings (SSSR count). The van der Waals surface area contributed by atoms with Gasteiger partial charge in [-0.2, -0.15) is 18.3 Å². The third kappa shape index (κ3) is 3.81. The molecule has 0 bridgehead atoms. The molecule has 0 radical (unpaired) electrons. The lowest BCUT2D eigenvalue weighted by atomic mass is 10.1. The Bertz CT molecular complexity index is 798. The van der Waals surface area contributed by atoms with E-state index in [2.05, 4.69) is 10.2 Å². The van der Waals surface area contributed by atoms with Crippen molar-refractivity contribution < 1.29 is 27.5 Å². The van der Waals surface area contributed by atoms with E-state index in [1.165, 1.54) is 17.0 Å². The predicted molar refractivity (Wildman–Crippen MR) is 83.8 cm³/mol. The lowest BCUT2D eigenvalue weighted by molar-refractivity contribution is -0.141. The van der Waals surface area contributed by atoms with Crippen LogP contribution in [0.4, 0.5) is 17.6 Å². The summed E-state index contributed by atoms with van der Waals surface area (Å²) in [4.78, 5) is 14.1. The molecule has 5 nitrogen and oxygen atoms in total. The van der Waals surface area contributed by atoms with E-state index in [0.717, 1.165) is 18.9 Å². The van der Waals surface area contributed by atoms with Crippen molar-refractivity contribution in [3.05, 3.63) is 47.0 Å². The van der Waals surface area contributed by atoms with Crippen LogP contribution in [0.2, 0.25) is 0 Å². The van der Waals surface area contributed by atoms with Crippen LogP contribution in [0.3, 0.4) is 0 Å². The maximum atomic E-state index is 14.1. The van der Waals surface area contributed by atoms with Crippen molar-refractivity contribution in [2.24, 2.45) is 0 Å². The van der Waals surface area contributed by atoms with E-state index >= 15 is 0 Å². The van der Waals surface area contributed by atoms with E-state index in [0.29, 0.717) is 18.9 Å². The van der Waals surface area contributed by atoms with Gasteiger partial charge in [-0.15, -0.1) is 0 Å². The van der Waals surface area contributed by atoms with Crippen LogP contribution in [0, 0.1) is 5.82 Å². The quantitative estimate of drug-likeness (QED) is 0.802. The Labute approximate surface area is 146 Å². The fraction of sp³-hybridized carbons (Fsp3) is 0.412. The maximum Gasteiger partial charge on any atom is 0.435 e. The Morgan fingerprint density at radius 1 is 1.27 bits per heavy atom. The SMILES string of the molecule is O=C(c1cc(C(F)(F)F)n[nH]1)N(Cc1ccc(O)cc1F)C1CCCC1. The molecule has 1 heterocycles. The molecule has 0 aliphatic heterocycles. The van der Waals surface area contributed by atoms with Crippen LogP contribution in [0.25, 0.3) is 0 Å². The molecule has 0 saturated heterocycles. The summed E-state index contributed by atoms with van der Waals surface area (Å²) in [7, 11) is 0. The summed E-state index contributed by atoms with van der Waals surface area (Å²) in [5, 5.41) is 14.6. The fourth-order valence-corrected chi connectivity index (χ4v) is 3.16. The van der Waals surface area contributed by atoms with Gasteiger partial charge in [0.15, 0.2) is 5.69 Å². The number of nitrogens with one attached hydrogen (secondary N) is 1. The third-order valence-corrected chi connectivity index (χ3v) is 4.50. The first-order valence-corrected chi connectivity index (χ1v) is 8.16. The molecule has 1 amide bonds. The van der Waals surface area contributed by atoms with Crippen molar-refractivity contribution in [1.82, 2.24) is 15.1 Å². The molecule has 0 spiro atoms. The summed E-state index contributed by atoms with van der Waals surface area (Å²) in [6.07, 6.45) is -1.47. The predicted octanol–water partition coefficient (Wildman–Crippen LogP) is 3.86. The van der Waals surface area contributed by atoms with Crippen LogP contribution >= 0.6 is 0 Å². The van der Waals surface area contributed by atoms with Crippen LogP contribution in [0.15, 0.2) is 24.3 Å². The molecule has 140 valence electrons. The first kappa shape index (κ1) is 18.2. The number of benzene rings is 1. The van der Waals surface area contributed by atoms with Crippen molar-refractivity contribution in [1.29, 1.82) is 0 Å². The largest absolute Gasteiger partial charge is 0.508 e. The normalized spacial score (nSPS) is 15.4. The summed E-state index contributed by atoms with van der Waals surface area (Å²) in [5.41, 5.74) is -1.29. The zero-order chi connectivity index (χ0) is 18.9. The minimum absolute atomic E-state index is 0.101. The number of halogens is 4. The smallest absolute Gasteiger partial charge is 0.435 e. The topological polar surface area (TPSA) is 69.2 Å². The molecule has 26 heavy (non-hydrogen) atoms. The fourth-order valence-electron chi connectivity index (χ4n) is 3.16. The number of aromatic hydroxyl groups is 1. The van der Waals surface area contributed by atoms with Crippen molar-refractivity contribution in [3.8, 4) is 5.75 Å². The minimum atomic E-state index is -4.66. The van der Waals surface area contributed by atoms with E-state index < -0.39 is 23.6 Å². The molecule has 1 aromatic carbocycles. The Morgan fingerprint density at radius 3 is 2.54 bits per heavy atom. The maximum absolute atomic E-state index is 14.1. The number of carbonyl (C=O) groups excluding carboxylic acids is 1. The van der Waals surface area contributed by atoms with Gasteiger partial charge in [-0.25, -0.2) is 4.39 Å². The molecule has 0 unspecified atom stereocenters. The van der Waals surface area contributed by atoms with Crippen LogP contribution in [0.5, 0.6) is 5.75 Å². The second kappa shape index (κ2) is 6.97. The average molecular weight is 371 g/mol. The number of aromatic amines is 1. The molecule has 1 fully saturated rings. The lowest BCUT2D eigenvalue weighted by Crippen LogP contribution is -2.38. The number of phenols is 1. The number of H-pyrrole nitrogens is 1. The van der Waals surface area contributed by atoms with E-state index in [-0.39, 0.29) is 29.6 Å². The van der Waals surface area contributed by atoms with E-state index in [1.54, 1.807) is 0 Å². The van der Waals surface area contributed by atoms with Gasteiger partial charge in [0.05, 0.1) is 0 Å². The standard InChI is InChI=1S/C17H17F4N3O2/c18-13-7-12(25)6-5-10(13)9-24(11-3-1-2-4-11)16(26)14-8-15(23-22-14)17(19,20)21/h5-8,11,25H,1-4,9H2,(H,22,23). The number of rotatable bonds is 4. The highest BCUT2D eigenvalue weighted by Gasteiger charge is 2.36. The Balaban J connectivity index is 1.88. The van der Waals surface area contributed by atoms with Crippen molar-refractivity contribution in [2.45, 2.75) is 44.4 Å². The van der Waals surface area contributed by atoms with Crippen LogP contribution in [0.1, 0.15) is 47.4 Å². The van der Waals surface area contributed by atoms with Crippen molar-refractivity contribution >= 4 is 5.91 Å². The first-order valence-electron chi connectivity index (χ1n) is 8.16. The second-order valence-corrected chi connectivity index (χ2v) is 6.31. The van der Waals surface area contributed by atoms with E-state index in [9.17, 15) is 27.5 Å². The molecule has 1 saturated carbocycles. The van der Waals surface area contributed by atoms with Gasteiger partial charge in [-0.05, 0) is 18.9 Å². The summed E-state index contributed by atoms with van der Waals surface area (Å²) in [6.45, 7) is -0.101. The number of hydrogen-bond donors (Lipinski definition) is 2. The van der Waals surface area contributed by atoms with Gasteiger partial charge in [0.1, 0.15) is 17.3 Å². The molecule has 0 atom stereocenters. The third-order valence-electron chi connectivity index (χ3n) is 4.50. The lowest BCUT2D eigenvalue weighted by Gasteiger charge is -2.29. The van der Waals surface area contributed by atoms with Crippen LogP contribution in [-0.4, -0.2) is 32.2 Å². The van der Waals surface area contributed by atoms with Gasteiger partial charge in [0.25, 0.3) is 5.91 Å². The number of phenolic OH excluding ortho intramolecular Hbond substituents is 1. The Kier molecular flexibility index (Phi) is 4.88. The molecule has 1 aliphatic carbocycles. The highest BCUT2D eigenvalue weighted by atomic mass is 19.4. The molecule has 1 aliphatic rings. The average Bonchev–Trinajstić information content (AvgIpc) is 3.24. The molecular weight excluding hydrogens is 354 g/mol. The molecule has 2 aromatic rings. The highest BCUT2D eigenvalue weighted by Crippen LogP contribution is 2.30. The molecule has 2 N–H and O–H groups in total. The zero-order valence-electron chi connectivity index (χ0n) is 13.7. The summed E-state index contributed by atoms with van der Waals surface area (Å²) in [5.74, 6) is -1.58. The second-order valence-electron chi connectivity index (χ2n) is 6.31. The Hall–Kier alpha value is -2.58. The number of aromatic nitrogens is 2. The van der Waals surface area contributed by atoms with Crippen LogP contribution < -0.4 is 0 Å². The monoisotopic (exact) mass is 371 g/mol. The number of carbonyl (C=O) groups is 1.